The number of piperazine rings is 1. The summed E-state index contributed by atoms with van der Waals surface area (Å²) in [4.78, 5) is 9.33. The summed E-state index contributed by atoms with van der Waals surface area (Å²) >= 11 is 0. The van der Waals surface area contributed by atoms with E-state index in [4.69, 9.17) is 0 Å². The zero-order chi connectivity index (χ0) is 20.4. The number of rotatable bonds is 8. The summed E-state index contributed by atoms with van der Waals surface area (Å²) < 4.78 is 37.9. The minimum atomic E-state index is -4.30. The van der Waals surface area contributed by atoms with Gasteiger partial charge in [0, 0.05) is 39.3 Å². The van der Waals surface area contributed by atoms with Crippen molar-refractivity contribution in [1.29, 1.82) is 0 Å². The van der Waals surface area contributed by atoms with Crippen LogP contribution in [0.3, 0.4) is 0 Å². The zero-order valence-corrected chi connectivity index (χ0v) is 16.9. The predicted octanol–water partition coefficient (Wildman–Crippen LogP) is 2.79. The molecule has 0 aromatic heterocycles. The molecule has 0 aliphatic carbocycles. The highest BCUT2D eigenvalue weighted by atomic mass is 19.4. The van der Waals surface area contributed by atoms with Crippen LogP contribution in [0, 0.1) is 0 Å². The van der Waals surface area contributed by atoms with Crippen molar-refractivity contribution in [2.24, 2.45) is 4.99 Å². The van der Waals surface area contributed by atoms with Crippen LogP contribution in [-0.4, -0.2) is 68.6 Å². The lowest BCUT2D eigenvalue weighted by Crippen LogP contribution is -2.44. The summed E-state index contributed by atoms with van der Waals surface area (Å²) in [5.41, 5.74) is 0.117. The van der Waals surface area contributed by atoms with Crippen LogP contribution >= 0.6 is 0 Å². The van der Waals surface area contributed by atoms with Gasteiger partial charge in [0.1, 0.15) is 0 Å². The van der Waals surface area contributed by atoms with Gasteiger partial charge in [-0.15, -0.1) is 0 Å². The van der Waals surface area contributed by atoms with Gasteiger partial charge in [-0.1, -0.05) is 12.1 Å². The summed E-state index contributed by atoms with van der Waals surface area (Å²) in [6.07, 6.45) is -2.12. The molecule has 0 atom stereocenters. The molecule has 1 saturated heterocycles. The highest BCUT2D eigenvalue weighted by molar-refractivity contribution is 5.79. The highest BCUT2D eigenvalue weighted by Crippen LogP contribution is 2.29. The molecule has 1 aromatic carbocycles. The van der Waals surface area contributed by atoms with Crippen molar-refractivity contribution in [3.05, 3.63) is 35.4 Å². The van der Waals surface area contributed by atoms with E-state index >= 15 is 0 Å². The number of guanidine groups is 1. The van der Waals surface area contributed by atoms with Gasteiger partial charge >= 0.3 is 6.18 Å². The Morgan fingerprint density at radius 1 is 1.04 bits per heavy atom. The molecule has 0 spiro atoms. The number of alkyl halides is 3. The summed E-state index contributed by atoms with van der Waals surface area (Å²) in [7, 11) is 2.16. The third kappa shape index (κ3) is 8.06. The molecule has 2 rings (SSSR count). The second-order valence-electron chi connectivity index (χ2n) is 7.17. The van der Waals surface area contributed by atoms with Crippen molar-refractivity contribution < 1.29 is 13.2 Å². The number of aliphatic imine (C=N–C) groups is 1. The molecular formula is C20H32F3N5. The Hall–Kier alpha value is -1.80. The number of halogens is 3. The van der Waals surface area contributed by atoms with Gasteiger partial charge in [0.05, 0.1) is 12.1 Å². The van der Waals surface area contributed by atoms with E-state index in [1.807, 2.05) is 6.92 Å². The molecule has 0 amide bonds. The van der Waals surface area contributed by atoms with Gasteiger partial charge < -0.3 is 20.4 Å². The number of benzene rings is 1. The van der Waals surface area contributed by atoms with Crippen LogP contribution in [0.2, 0.25) is 0 Å². The molecule has 158 valence electrons. The molecule has 0 bridgehead atoms. The standard InChI is InChI=1S/C20H32F3N5/c1-3-24-19(25-10-4-5-11-28-14-12-27(2)13-15-28)26-16-17-6-8-18(9-7-17)20(21,22)23/h6-9H,3-5,10-16H2,1-2H3,(H2,24,25,26). The van der Waals surface area contributed by atoms with Gasteiger partial charge in [0.25, 0.3) is 0 Å². The third-order valence-corrected chi connectivity index (χ3v) is 4.83. The number of unbranched alkanes of at least 4 members (excludes halogenated alkanes) is 1. The summed E-state index contributed by atoms with van der Waals surface area (Å²) in [5.74, 6) is 0.696. The van der Waals surface area contributed by atoms with Gasteiger partial charge in [0.15, 0.2) is 5.96 Å². The van der Waals surface area contributed by atoms with E-state index in [2.05, 4.69) is 32.5 Å². The number of nitrogens with one attached hydrogen (secondary N) is 2. The average Bonchev–Trinajstić information content (AvgIpc) is 2.67. The van der Waals surface area contributed by atoms with Crippen LogP contribution in [-0.2, 0) is 12.7 Å². The first-order chi connectivity index (χ1) is 13.4. The van der Waals surface area contributed by atoms with Crippen molar-refractivity contribution >= 4 is 5.96 Å². The van der Waals surface area contributed by atoms with Gasteiger partial charge in [0.2, 0.25) is 0 Å². The first kappa shape index (κ1) is 22.5. The lowest BCUT2D eigenvalue weighted by Gasteiger charge is -2.32. The molecule has 1 heterocycles. The van der Waals surface area contributed by atoms with E-state index in [0.29, 0.717) is 12.5 Å². The smallest absolute Gasteiger partial charge is 0.357 e. The fourth-order valence-electron chi connectivity index (χ4n) is 3.05. The lowest BCUT2D eigenvalue weighted by atomic mass is 10.1. The van der Waals surface area contributed by atoms with E-state index in [0.717, 1.165) is 76.4 Å². The number of hydrogen-bond donors (Lipinski definition) is 2. The Morgan fingerprint density at radius 2 is 1.71 bits per heavy atom. The molecule has 8 heteroatoms. The van der Waals surface area contributed by atoms with E-state index in [9.17, 15) is 13.2 Å². The molecule has 0 saturated carbocycles. The molecule has 1 fully saturated rings. The Labute approximate surface area is 166 Å². The van der Waals surface area contributed by atoms with Crippen LogP contribution in [0.25, 0.3) is 0 Å². The van der Waals surface area contributed by atoms with Crippen LogP contribution in [0.4, 0.5) is 13.2 Å². The van der Waals surface area contributed by atoms with Crippen LogP contribution in [0.15, 0.2) is 29.3 Å². The Morgan fingerprint density at radius 3 is 2.32 bits per heavy atom. The van der Waals surface area contributed by atoms with Gasteiger partial charge in [-0.05, 0) is 51.1 Å². The predicted molar refractivity (Wildman–Crippen MR) is 107 cm³/mol. The van der Waals surface area contributed by atoms with E-state index in [1.54, 1.807) is 0 Å². The van der Waals surface area contributed by atoms with Gasteiger partial charge in [-0.2, -0.15) is 13.2 Å². The number of likely N-dealkylation sites (N-methyl/N-ethyl adjacent to an activating group) is 1. The zero-order valence-electron chi connectivity index (χ0n) is 16.9. The Bertz CT molecular complexity index is 593. The van der Waals surface area contributed by atoms with Crippen LogP contribution in [0.1, 0.15) is 30.9 Å². The quantitative estimate of drug-likeness (QED) is 0.401. The van der Waals surface area contributed by atoms with E-state index < -0.39 is 11.7 Å². The lowest BCUT2D eigenvalue weighted by molar-refractivity contribution is -0.137. The average molecular weight is 400 g/mol. The SMILES string of the molecule is CCNC(=NCc1ccc(C(F)(F)F)cc1)NCCCCN1CCN(C)CC1. The van der Waals surface area contributed by atoms with Crippen molar-refractivity contribution in [1.82, 2.24) is 20.4 Å². The molecule has 1 aliphatic rings. The first-order valence-corrected chi connectivity index (χ1v) is 9.97. The first-order valence-electron chi connectivity index (χ1n) is 9.97. The second kappa shape index (κ2) is 11.3. The Kier molecular flexibility index (Phi) is 9.05. The molecule has 0 unspecified atom stereocenters. The normalized spacial score (nSPS) is 17.0. The molecule has 2 N–H and O–H groups in total. The van der Waals surface area contributed by atoms with E-state index in [-0.39, 0.29) is 0 Å². The number of nitrogens with zero attached hydrogens (tertiary/aromatic N) is 3. The van der Waals surface area contributed by atoms with Crippen molar-refractivity contribution in [3.63, 3.8) is 0 Å². The van der Waals surface area contributed by atoms with Gasteiger partial charge in [-0.25, -0.2) is 4.99 Å². The van der Waals surface area contributed by atoms with Crippen molar-refractivity contribution in [3.8, 4) is 0 Å². The fraction of sp³-hybridized carbons (Fsp3) is 0.650. The number of hydrogen-bond acceptors (Lipinski definition) is 3. The summed E-state index contributed by atoms with van der Waals surface area (Å²) in [6, 6.07) is 5.16. The van der Waals surface area contributed by atoms with Crippen LogP contribution < -0.4 is 10.6 Å². The highest BCUT2D eigenvalue weighted by Gasteiger charge is 2.29. The molecular weight excluding hydrogens is 367 g/mol. The maximum Gasteiger partial charge on any atom is 0.416 e. The molecule has 28 heavy (non-hydrogen) atoms. The molecule has 1 aliphatic heterocycles. The second-order valence-corrected chi connectivity index (χ2v) is 7.17. The Balaban J connectivity index is 1.71. The van der Waals surface area contributed by atoms with Crippen molar-refractivity contribution in [2.45, 2.75) is 32.5 Å². The molecule has 0 radical (unpaired) electrons. The monoisotopic (exact) mass is 399 g/mol. The minimum Gasteiger partial charge on any atom is -0.357 e. The maximum atomic E-state index is 12.6. The summed E-state index contributed by atoms with van der Waals surface area (Å²) in [6.45, 7) is 9.57. The van der Waals surface area contributed by atoms with E-state index in [1.165, 1.54) is 12.1 Å². The topological polar surface area (TPSA) is 42.9 Å². The minimum absolute atomic E-state index is 0.342. The maximum absolute atomic E-state index is 12.6. The molecule has 1 aromatic rings. The molecule has 5 nitrogen and oxygen atoms in total. The largest absolute Gasteiger partial charge is 0.416 e. The third-order valence-electron chi connectivity index (χ3n) is 4.83. The summed E-state index contributed by atoms with van der Waals surface area (Å²) in [5, 5.41) is 6.48. The van der Waals surface area contributed by atoms with Crippen molar-refractivity contribution in [2.75, 3.05) is 52.9 Å². The van der Waals surface area contributed by atoms with Gasteiger partial charge in [-0.3, -0.25) is 0 Å². The fourth-order valence-corrected chi connectivity index (χ4v) is 3.05. The van der Waals surface area contributed by atoms with Crippen LogP contribution in [0.5, 0.6) is 0 Å².